The summed E-state index contributed by atoms with van der Waals surface area (Å²) in [5, 5.41) is 16.5. The van der Waals surface area contributed by atoms with Crippen molar-refractivity contribution in [3.05, 3.63) is 18.2 Å². The van der Waals surface area contributed by atoms with Crippen molar-refractivity contribution in [2.24, 2.45) is 22.2 Å². The largest absolute Gasteiger partial charge is 0.480 e. The number of H-pyrrole nitrogens is 1. The highest BCUT2D eigenvalue weighted by atomic mass is 16.4. The zero-order valence-corrected chi connectivity index (χ0v) is 17.1. The Bertz CT molecular complexity index is 775. The molecule has 0 aliphatic heterocycles. The number of nitrogens with one attached hydrogen (secondary N) is 4. The van der Waals surface area contributed by atoms with Gasteiger partial charge in [0.2, 0.25) is 17.7 Å². The lowest BCUT2D eigenvalue weighted by atomic mass is 10.1. The molecule has 0 fully saturated rings. The molecular weight excluding hydrogens is 410 g/mol. The van der Waals surface area contributed by atoms with Crippen LogP contribution in [0.4, 0.5) is 0 Å². The minimum Gasteiger partial charge on any atom is -0.480 e. The molecule has 14 nitrogen and oxygen atoms in total. The minimum absolute atomic E-state index is 0.00706. The number of hydrogen-bond acceptors (Lipinski definition) is 7. The third-order valence-corrected chi connectivity index (χ3v) is 4.03. The van der Waals surface area contributed by atoms with Crippen molar-refractivity contribution in [1.29, 1.82) is 0 Å². The van der Waals surface area contributed by atoms with Crippen LogP contribution in [0.3, 0.4) is 0 Å². The van der Waals surface area contributed by atoms with Crippen LogP contribution in [-0.2, 0) is 25.6 Å². The van der Waals surface area contributed by atoms with Crippen molar-refractivity contribution in [1.82, 2.24) is 25.9 Å². The van der Waals surface area contributed by atoms with E-state index in [2.05, 4.69) is 30.9 Å². The molecule has 3 unspecified atom stereocenters. The molecule has 0 aliphatic rings. The number of aromatic amines is 1. The molecule has 0 radical (unpaired) electrons. The van der Waals surface area contributed by atoms with Gasteiger partial charge in [-0.1, -0.05) is 0 Å². The van der Waals surface area contributed by atoms with E-state index in [4.69, 9.17) is 17.2 Å². The van der Waals surface area contributed by atoms with Crippen LogP contribution in [0.1, 0.15) is 25.5 Å². The molecule has 11 N–H and O–H groups in total. The summed E-state index contributed by atoms with van der Waals surface area (Å²) < 4.78 is 0. The maximum Gasteiger partial charge on any atom is 0.326 e. The van der Waals surface area contributed by atoms with E-state index in [1.807, 2.05) is 0 Å². The van der Waals surface area contributed by atoms with E-state index in [0.29, 0.717) is 12.1 Å². The van der Waals surface area contributed by atoms with Crippen molar-refractivity contribution in [3.63, 3.8) is 0 Å². The Hall–Kier alpha value is -3.68. The first-order chi connectivity index (χ1) is 14.6. The number of amides is 3. The first-order valence-corrected chi connectivity index (χ1v) is 9.48. The maximum atomic E-state index is 12.4. The summed E-state index contributed by atoms with van der Waals surface area (Å²) >= 11 is 0. The van der Waals surface area contributed by atoms with Gasteiger partial charge in [0.25, 0.3) is 0 Å². The molecule has 1 aromatic heterocycles. The number of nitrogens with two attached hydrogens (primary N) is 3. The molecule has 0 spiro atoms. The van der Waals surface area contributed by atoms with E-state index in [1.54, 1.807) is 0 Å². The Labute approximate surface area is 178 Å². The van der Waals surface area contributed by atoms with Crippen LogP contribution in [0.5, 0.6) is 0 Å². The molecule has 0 aliphatic carbocycles. The molecule has 31 heavy (non-hydrogen) atoms. The average molecular weight is 439 g/mol. The number of imidazole rings is 1. The van der Waals surface area contributed by atoms with Crippen LogP contribution >= 0.6 is 0 Å². The zero-order valence-electron chi connectivity index (χ0n) is 17.1. The van der Waals surface area contributed by atoms with Crippen LogP contribution < -0.4 is 33.2 Å². The highest BCUT2D eigenvalue weighted by Gasteiger charge is 2.24. The fraction of sp³-hybridized carbons (Fsp3) is 0.529. The second-order valence-corrected chi connectivity index (χ2v) is 6.76. The third-order valence-electron chi connectivity index (χ3n) is 4.03. The van der Waals surface area contributed by atoms with Gasteiger partial charge in [0.05, 0.1) is 18.9 Å². The molecule has 0 saturated heterocycles. The predicted octanol–water partition coefficient (Wildman–Crippen LogP) is -3.48. The predicted molar refractivity (Wildman–Crippen MR) is 110 cm³/mol. The fourth-order valence-corrected chi connectivity index (χ4v) is 2.43. The molecule has 0 aromatic carbocycles. The molecule has 0 saturated carbocycles. The molecule has 14 heteroatoms. The number of carbonyl (C=O) groups excluding carboxylic acids is 3. The number of aliphatic carboxylic acids is 1. The summed E-state index contributed by atoms with van der Waals surface area (Å²) in [5.41, 5.74) is 16.5. The van der Waals surface area contributed by atoms with Crippen molar-refractivity contribution in [3.8, 4) is 0 Å². The highest BCUT2D eigenvalue weighted by Crippen LogP contribution is 2.01. The molecule has 1 rings (SSSR count). The number of carbonyl (C=O) groups is 4. The summed E-state index contributed by atoms with van der Waals surface area (Å²) in [6.07, 6.45) is 3.40. The monoisotopic (exact) mass is 439 g/mol. The third kappa shape index (κ3) is 10.1. The molecule has 1 aromatic rings. The second-order valence-electron chi connectivity index (χ2n) is 6.76. The average Bonchev–Trinajstić information content (AvgIpc) is 3.20. The van der Waals surface area contributed by atoms with E-state index in [1.165, 1.54) is 19.4 Å². The van der Waals surface area contributed by atoms with Crippen molar-refractivity contribution in [2.45, 2.75) is 44.3 Å². The summed E-state index contributed by atoms with van der Waals surface area (Å²) in [6, 6.07) is -3.02. The number of hydrogen-bond donors (Lipinski definition) is 8. The summed E-state index contributed by atoms with van der Waals surface area (Å²) in [4.78, 5) is 58.1. The van der Waals surface area contributed by atoms with Gasteiger partial charge in [-0.05, 0) is 19.8 Å². The number of carboxylic acid groups (broad SMARTS) is 1. The molecule has 172 valence electrons. The smallest absolute Gasteiger partial charge is 0.326 e. The van der Waals surface area contributed by atoms with Gasteiger partial charge in [0.1, 0.15) is 12.1 Å². The summed E-state index contributed by atoms with van der Waals surface area (Å²) in [6.45, 7) is 1.22. The lowest BCUT2D eigenvalue weighted by Crippen LogP contribution is -2.53. The van der Waals surface area contributed by atoms with Crippen LogP contribution in [0.2, 0.25) is 0 Å². The van der Waals surface area contributed by atoms with Crippen LogP contribution in [0.25, 0.3) is 0 Å². The van der Waals surface area contributed by atoms with E-state index in [-0.39, 0.29) is 25.3 Å². The van der Waals surface area contributed by atoms with Gasteiger partial charge in [0.15, 0.2) is 5.96 Å². The van der Waals surface area contributed by atoms with Gasteiger partial charge >= 0.3 is 5.97 Å². The van der Waals surface area contributed by atoms with E-state index >= 15 is 0 Å². The zero-order chi connectivity index (χ0) is 23.4. The number of rotatable bonds is 13. The number of aromatic nitrogens is 2. The van der Waals surface area contributed by atoms with Crippen LogP contribution in [-0.4, -0.2) is 75.9 Å². The van der Waals surface area contributed by atoms with Gasteiger partial charge < -0.3 is 43.2 Å². The van der Waals surface area contributed by atoms with Crippen molar-refractivity contribution >= 4 is 29.7 Å². The van der Waals surface area contributed by atoms with Gasteiger partial charge in [-0.3, -0.25) is 19.4 Å². The highest BCUT2D eigenvalue weighted by molar-refractivity contribution is 5.92. The lowest BCUT2D eigenvalue weighted by Gasteiger charge is -2.20. The SMILES string of the molecule is CC(N)C(=O)NC(CCCN=C(N)N)C(=O)NCC(=O)NC(Cc1cnc[nH]1)C(=O)O. The minimum atomic E-state index is -1.24. The van der Waals surface area contributed by atoms with Gasteiger partial charge in [0, 0.05) is 24.9 Å². The number of guanidine groups is 1. The summed E-state index contributed by atoms with van der Waals surface area (Å²) in [5.74, 6) is -3.22. The number of aliphatic imine (C=N–C) groups is 1. The Morgan fingerprint density at radius 2 is 1.90 bits per heavy atom. The topological polar surface area (TPSA) is 244 Å². The molecule has 1 heterocycles. The lowest BCUT2D eigenvalue weighted by molar-refractivity contribution is -0.141. The van der Waals surface area contributed by atoms with E-state index in [0.717, 1.165) is 0 Å². The quantitative estimate of drug-likeness (QED) is 0.0862. The normalized spacial score (nSPS) is 13.4. The van der Waals surface area contributed by atoms with Crippen LogP contribution in [0.15, 0.2) is 17.5 Å². The van der Waals surface area contributed by atoms with Gasteiger partial charge in [-0.2, -0.15) is 0 Å². The molecular formula is C17H29N9O5. The van der Waals surface area contributed by atoms with Crippen molar-refractivity contribution < 1.29 is 24.3 Å². The van der Waals surface area contributed by atoms with E-state index < -0.39 is 48.4 Å². The fourth-order valence-electron chi connectivity index (χ4n) is 2.43. The van der Waals surface area contributed by atoms with Crippen molar-refractivity contribution in [2.75, 3.05) is 13.1 Å². The van der Waals surface area contributed by atoms with Gasteiger partial charge in [-0.25, -0.2) is 9.78 Å². The maximum absolute atomic E-state index is 12.4. The summed E-state index contributed by atoms with van der Waals surface area (Å²) in [7, 11) is 0. The number of carboxylic acids is 1. The van der Waals surface area contributed by atoms with E-state index in [9.17, 15) is 24.3 Å². The number of nitrogens with zero attached hydrogens (tertiary/aromatic N) is 2. The molecule has 3 amide bonds. The molecule has 0 bridgehead atoms. The van der Waals surface area contributed by atoms with Crippen LogP contribution in [0, 0.1) is 0 Å². The first kappa shape index (κ1) is 25.4. The first-order valence-electron chi connectivity index (χ1n) is 9.48. The Kier molecular flexibility index (Phi) is 10.5. The Balaban J connectivity index is 2.62. The Morgan fingerprint density at radius 3 is 2.45 bits per heavy atom. The van der Waals surface area contributed by atoms with Gasteiger partial charge in [-0.15, -0.1) is 0 Å². The molecule has 3 atom stereocenters. The second kappa shape index (κ2) is 12.8. The standard InChI is InChI=1S/C17H29N9O5/c1-9(18)14(28)26-11(3-2-4-22-17(19)20)15(29)23-7-13(27)25-12(16(30)31)5-10-6-21-8-24-10/h6,8-9,11-12H,2-5,7,18H2,1H3,(H,21,24)(H,23,29)(H,25,27)(H,26,28)(H,30,31)(H4,19,20,22). The Morgan fingerprint density at radius 1 is 1.19 bits per heavy atom.